The van der Waals surface area contributed by atoms with Crippen LogP contribution >= 0.6 is 8.25 Å². The zero-order chi connectivity index (χ0) is 19.8. The number of benzene rings is 1. The molecule has 0 aliphatic rings. The van der Waals surface area contributed by atoms with Crippen LogP contribution in [0.1, 0.15) is 109 Å². The van der Waals surface area contributed by atoms with Crippen LogP contribution in [0.3, 0.4) is 0 Å². The third kappa shape index (κ3) is 10.4. The molecule has 0 aromatic heterocycles. The molecule has 0 amide bonds. The molecule has 3 nitrogen and oxygen atoms in total. The number of hydrogen-bond donors (Lipinski definition) is 1. The first-order valence-corrected chi connectivity index (χ1v) is 12.2. The zero-order valence-electron chi connectivity index (χ0n) is 17.5. The first kappa shape index (κ1) is 24.3. The van der Waals surface area contributed by atoms with E-state index in [1.165, 1.54) is 51.4 Å². The van der Waals surface area contributed by atoms with E-state index in [0.29, 0.717) is 0 Å². The summed E-state index contributed by atoms with van der Waals surface area (Å²) < 4.78 is 17.4. The van der Waals surface area contributed by atoms with Crippen LogP contribution in [0.5, 0.6) is 0 Å². The summed E-state index contributed by atoms with van der Waals surface area (Å²) in [5.74, 6) is 0. The number of hydrogen-bond acceptors (Lipinski definition) is 2. The lowest BCUT2D eigenvalue weighted by atomic mass is 9.83. The molecule has 0 spiro atoms. The molecule has 1 rings (SSSR count). The average molecular weight is 396 g/mol. The molecule has 0 heterocycles. The predicted molar refractivity (Wildman–Crippen MR) is 115 cm³/mol. The van der Waals surface area contributed by atoms with Gasteiger partial charge in [-0.05, 0) is 18.4 Å². The number of unbranched alkanes of at least 4 members (excludes halogenated alkanes) is 10. The van der Waals surface area contributed by atoms with E-state index < -0.39 is 13.9 Å². The van der Waals surface area contributed by atoms with Crippen LogP contribution in [0.15, 0.2) is 30.3 Å². The minimum absolute atomic E-state index is 0.626. The van der Waals surface area contributed by atoms with Crippen LogP contribution in [0.25, 0.3) is 0 Å². The van der Waals surface area contributed by atoms with Gasteiger partial charge in [-0.3, -0.25) is 0 Å². The molecule has 0 bridgehead atoms. The molecule has 0 fully saturated rings. The van der Waals surface area contributed by atoms with E-state index in [2.05, 4.69) is 13.8 Å². The molecule has 0 saturated carbocycles. The minimum atomic E-state index is -2.62. The maximum Gasteiger partial charge on any atom is 0.695 e. The van der Waals surface area contributed by atoms with Gasteiger partial charge < -0.3 is 0 Å². The second-order valence-corrected chi connectivity index (χ2v) is 8.38. The van der Waals surface area contributed by atoms with E-state index in [1.54, 1.807) is 0 Å². The van der Waals surface area contributed by atoms with Crippen LogP contribution in [0.4, 0.5) is 0 Å². The fraction of sp³-hybridized carbons (Fsp3) is 0.739. The lowest BCUT2D eigenvalue weighted by Crippen LogP contribution is -2.27. The summed E-state index contributed by atoms with van der Waals surface area (Å²) in [6, 6.07) is 10.1. The van der Waals surface area contributed by atoms with Crippen LogP contribution in [-0.2, 0) is 14.7 Å². The molecule has 0 aliphatic heterocycles. The van der Waals surface area contributed by atoms with Crippen molar-refractivity contribution in [3.05, 3.63) is 35.9 Å². The van der Waals surface area contributed by atoms with Gasteiger partial charge >= 0.3 is 8.25 Å². The summed E-state index contributed by atoms with van der Waals surface area (Å²) >= 11 is 0. The van der Waals surface area contributed by atoms with Crippen LogP contribution in [-0.4, -0.2) is 4.89 Å². The van der Waals surface area contributed by atoms with E-state index in [4.69, 9.17) is 4.52 Å². The molecule has 1 aromatic rings. The maximum absolute atomic E-state index is 11.7. The molecular formula is C23H40O3P+. The fourth-order valence-corrected chi connectivity index (χ4v) is 4.42. The quantitative estimate of drug-likeness (QED) is 0.214. The molecule has 1 atom stereocenters. The molecule has 1 unspecified atom stereocenters. The Morgan fingerprint density at radius 1 is 0.778 bits per heavy atom. The van der Waals surface area contributed by atoms with Crippen LogP contribution in [0.2, 0.25) is 0 Å². The average Bonchev–Trinajstić information content (AvgIpc) is 2.67. The smallest absolute Gasteiger partial charge is 0.133 e. The summed E-state index contributed by atoms with van der Waals surface area (Å²) in [5.41, 5.74) is 0.420. The predicted octanol–water partition coefficient (Wildman–Crippen LogP) is 8.05. The van der Waals surface area contributed by atoms with E-state index in [9.17, 15) is 9.46 Å². The molecule has 4 heteroatoms. The third-order valence-electron chi connectivity index (χ3n) is 5.42. The normalized spacial score (nSPS) is 12.3. The SMILES string of the molecule is CCCCCCCCC(CCCCCCCC)(O[P+](=O)O)c1ccccc1. The molecule has 0 radical (unpaired) electrons. The molecule has 1 N–H and O–H groups in total. The van der Waals surface area contributed by atoms with Gasteiger partial charge in [-0.15, -0.1) is 9.42 Å². The Bertz CT molecular complexity index is 474. The van der Waals surface area contributed by atoms with Crippen molar-refractivity contribution >= 4 is 8.25 Å². The highest BCUT2D eigenvalue weighted by Crippen LogP contribution is 2.43. The summed E-state index contributed by atoms with van der Waals surface area (Å²) in [5, 5.41) is 0. The van der Waals surface area contributed by atoms with Gasteiger partial charge in [-0.2, -0.15) is 0 Å². The first-order valence-electron chi connectivity index (χ1n) is 11.1. The Morgan fingerprint density at radius 2 is 1.22 bits per heavy atom. The van der Waals surface area contributed by atoms with Crippen molar-refractivity contribution in [2.45, 2.75) is 109 Å². The Balaban J connectivity index is 2.72. The van der Waals surface area contributed by atoms with Crippen LogP contribution in [0, 0.1) is 0 Å². The number of rotatable bonds is 17. The Morgan fingerprint density at radius 3 is 1.67 bits per heavy atom. The van der Waals surface area contributed by atoms with Gasteiger partial charge in [-0.25, -0.2) is 0 Å². The zero-order valence-corrected chi connectivity index (χ0v) is 18.4. The third-order valence-corrected chi connectivity index (χ3v) is 5.93. The van der Waals surface area contributed by atoms with Gasteiger partial charge in [0.05, 0.1) is 0 Å². The lowest BCUT2D eigenvalue weighted by Gasteiger charge is -2.28. The van der Waals surface area contributed by atoms with Crippen molar-refractivity contribution in [3.8, 4) is 0 Å². The van der Waals surface area contributed by atoms with Crippen molar-refractivity contribution in [1.29, 1.82) is 0 Å². The molecule has 154 valence electrons. The summed E-state index contributed by atoms with van der Waals surface area (Å²) in [4.78, 5) is 9.58. The van der Waals surface area contributed by atoms with Crippen molar-refractivity contribution in [2.24, 2.45) is 0 Å². The van der Waals surface area contributed by atoms with Crippen molar-refractivity contribution in [1.82, 2.24) is 0 Å². The lowest BCUT2D eigenvalue weighted by molar-refractivity contribution is 0.0380. The summed E-state index contributed by atoms with van der Waals surface area (Å²) in [6.07, 6.45) is 16.2. The molecule has 0 saturated heterocycles. The monoisotopic (exact) mass is 395 g/mol. The minimum Gasteiger partial charge on any atom is -0.133 e. The second kappa shape index (κ2) is 15.2. The molecular weight excluding hydrogens is 355 g/mol. The Labute approximate surface area is 167 Å². The molecule has 27 heavy (non-hydrogen) atoms. The van der Waals surface area contributed by atoms with E-state index in [1.807, 2.05) is 30.3 Å². The maximum atomic E-state index is 11.7. The van der Waals surface area contributed by atoms with E-state index >= 15 is 0 Å². The topological polar surface area (TPSA) is 46.5 Å². The molecule has 0 aliphatic carbocycles. The van der Waals surface area contributed by atoms with Gasteiger partial charge in [0.15, 0.2) is 5.60 Å². The van der Waals surface area contributed by atoms with E-state index in [-0.39, 0.29) is 0 Å². The highest BCUT2D eigenvalue weighted by atomic mass is 31.1. The van der Waals surface area contributed by atoms with Gasteiger partial charge in [0.25, 0.3) is 0 Å². The first-order chi connectivity index (χ1) is 13.1. The van der Waals surface area contributed by atoms with Crippen molar-refractivity contribution in [3.63, 3.8) is 0 Å². The highest BCUT2D eigenvalue weighted by molar-refractivity contribution is 7.32. The van der Waals surface area contributed by atoms with E-state index in [0.717, 1.165) is 44.1 Å². The largest absolute Gasteiger partial charge is 0.695 e. The Kier molecular flexibility index (Phi) is 13.7. The highest BCUT2D eigenvalue weighted by Gasteiger charge is 2.41. The summed E-state index contributed by atoms with van der Waals surface area (Å²) in [6.45, 7) is 4.46. The standard InChI is InChI=1S/C23H39O3P/c1-3-5-7-9-11-16-20-23(26-27(24)25,22-18-14-13-15-19-22)21-17-12-10-8-6-4-2/h13-15,18-19H,3-12,16-17,20-21H2,1-2H3/p+1. The molecule has 1 aromatic carbocycles. The fourth-order valence-electron chi connectivity index (χ4n) is 3.83. The van der Waals surface area contributed by atoms with Gasteiger partial charge in [-0.1, -0.05) is 121 Å². The summed E-state index contributed by atoms with van der Waals surface area (Å²) in [7, 11) is -2.62. The van der Waals surface area contributed by atoms with Gasteiger partial charge in [0.2, 0.25) is 0 Å². The second-order valence-electron chi connectivity index (χ2n) is 7.72. The Hall–Kier alpha value is -0.760. The van der Waals surface area contributed by atoms with Crippen molar-refractivity contribution < 1.29 is 14.0 Å². The van der Waals surface area contributed by atoms with Crippen LogP contribution < -0.4 is 0 Å². The van der Waals surface area contributed by atoms with Gasteiger partial charge in [0, 0.05) is 4.57 Å². The van der Waals surface area contributed by atoms with Crippen molar-refractivity contribution in [2.75, 3.05) is 0 Å². The van der Waals surface area contributed by atoms with Gasteiger partial charge in [0.1, 0.15) is 0 Å².